The first-order valence-corrected chi connectivity index (χ1v) is 10.7. The van der Waals surface area contributed by atoms with E-state index in [1.165, 1.54) is 10.9 Å². The summed E-state index contributed by atoms with van der Waals surface area (Å²) in [5.41, 5.74) is 5.39. The molecule has 0 aromatic carbocycles. The van der Waals surface area contributed by atoms with Crippen LogP contribution < -0.4 is 10.5 Å². The van der Waals surface area contributed by atoms with Crippen molar-refractivity contribution in [1.82, 2.24) is 14.5 Å². The summed E-state index contributed by atoms with van der Waals surface area (Å²) in [5.74, 6) is -0.0123. The van der Waals surface area contributed by atoms with E-state index in [9.17, 15) is 20.0 Å². The summed E-state index contributed by atoms with van der Waals surface area (Å²) in [6.45, 7) is 7.34. The van der Waals surface area contributed by atoms with Crippen LogP contribution in [0.2, 0.25) is 0 Å². The number of nitrogens with zero attached hydrogens (tertiary/aromatic N) is 4. The zero-order chi connectivity index (χ0) is 21.5. The molecule has 5 N–H and O–H groups in total. The number of aliphatic hydroxyl groups excluding tert-OH is 2. The highest BCUT2D eigenvalue weighted by atomic mass is 31.1. The second-order valence-electron chi connectivity index (χ2n) is 7.94. The number of hydrogen-bond acceptors (Lipinski definition) is 9. The topological polar surface area (TPSA) is 157 Å². The number of anilines is 1. The van der Waals surface area contributed by atoms with E-state index < -0.39 is 38.2 Å². The van der Waals surface area contributed by atoms with Crippen LogP contribution in [0.3, 0.4) is 0 Å². The summed E-state index contributed by atoms with van der Waals surface area (Å²) in [5, 5.41) is 30.7. The third-order valence-electron chi connectivity index (χ3n) is 5.14. The van der Waals surface area contributed by atoms with Crippen LogP contribution in [0.4, 0.5) is 5.82 Å². The fourth-order valence-electron chi connectivity index (χ4n) is 3.26. The van der Waals surface area contributed by atoms with Gasteiger partial charge in [-0.2, -0.15) is 0 Å². The lowest BCUT2D eigenvalue weighted by molar-refractivity contribution is -0.894. The predicted octanol–water partition coefficient (Wildman–Crippen LogP) is 0.884. The van der Waals surface area contributed by atoms with Gasteiger partial charge in [-0.15, -0.1) is 4.52 Å². The Morgan fingerprint density at radius 3 is 2.76 bits per heavy atom. The van der Waals surface area contributed by atoms with Gasteiger partial charge in [0.2, 0.25) is 11.2 Å². The van der Waals surface area contributed by atoms with Gasteiger partial charge in [-0.3, -0.25) is 4.57 Å². The van der Waals surface area contributed by atoms with Crippen molar-refractivity contribution in [3.05, 3.63) is 12.7 Å². The maximum Gasteiger partial charge on any atom is 0.511 e. The molecule has 0 aliphatic carbocycles. The molecule has 0 saturated carbocycles. The summed E-state index contributed by atoms with van der Waals surface area (Å²) in [7, 11) is -1.87. The van der Waals surface area contributed by atoms with Gasteiger partial charge in [0.05, 0.1) is 6.10 Å². The van der Waals surface area contributed by atoms with Gasteiger partial charge in [-0.1, -0.05) is 16.6 Å². The molecule has 3 rings (SSSR count). The summed E-state index contributed by atoms with van der Waals surface area (Å²) in [6.07, 6.45) is -0.727. The lowest BCUT2D eigenvalue weighted by Gasteiger charge is -2.24. The molecule has 0 spiro atoms. The summed E-state index contributed by atoms with van der Waals surface area (Å²) in [4.78, 5) is 8.18. The highest BCUT2D eigenvalue weighted by molar-refractivity contribution is 7.40. The van der Waals surface area contributed by atoms with Crippen molar-refractivity contribution in [3.63, 3.8) is 0 Å². The molecule has 1 aliphatic rings. The predicted molar refractivity (Wildman–Crippen MR) is 102 cm³/mol. The minimum absolute atomic E-state index is 0.0123. The number of ether oxygens (including phenoxy) is 1. The van der Waals surface area contributed by atoms with Crippen LogP contribution in [0.5, 0.6) is 0 Å². The largest absolute Gasteiger partial charge is 0.511 e. The number of fused-ring (bicyclic) bond motifs is 1. The van der Waals surface area contributed by atoms with Crippen molar-refractivity contribution in [1.29, 1.82) is 0 Å². The molecule has 29 heavy (non-hydrogen) atoms. The minimum atomic E-state index is -1.87. The van der Waals surface area contributed by atoms with Gasteiger partial charge in [0.1, 0.15) is 24.1 Å². The molecule has 11 nitrogen and oxygen atoms in total. The minimum Gasteiger partial charge on any atom is -0.388 e. The maximum atomic E-state index is 12.3. The van der Waals surface area contributed by atoms with Gasteiger partial charge in [0, 0.05) is 6.42 Å². The van der Waals surface area contributed by atoms with Crippen molar-refractivity contribution in [3.8, 4) is 0 Å². The van der Waals surface area contributed by atoms with E-state index in [2.05, 4.69) is 9.97 Å². The Morgan fingerprint density at radius 1 is 1.41 bits per heavy atom. The van der Waals surface area contributed by atoms with Crippen LogP contribution in [0, 0.1) is 0 Å². The Bertz CT molecular complexity index is 906. The zero-order valence-electron chi connectivity index (χ0n) is 16.8. The van der Waals surface area contributed by atoms with Crippen molar-refractivity contribution in [2.24, 2.45) is 0 Å². The first-order chi connectivity index (χ1) is 13.6. The molecule has 1 aliphatic heterocycles. The van der Waals surface area contributed by atoms with Crippen LogP contribution in [0.25, 0.3) is 11.2 Å². The Balaban J connectivity index is 1.79. The highest BCUT2D eigenvalue weighted by Crippen LogP contribution is 2.41. The van der Waals surface area contributed by atoms with Crippen molar-refractivity contribution in [2.75, 3.05) is 5.73 Å². The van der Waals surface area contributed by atoms with E-state index in [0.29, 0.717) is 10.4 Å². The third-order valence-corrected chi connectivity index (χ3v) is 6.90. The second-order valence-corrected chi connectivity index (χ2v) is 9.58. The Kier molecular flexibility index (Phi) is 6.07. The van der Waals surface area contributed by atoms with E-state index in [1.54, 1.807) is 13.8 Å². The van der Waals surface area contributed by atoms with E-state index >= 15 is 0 Å². The fraction of sp³-hybridized carbons (Fsp3) is 0.706. The Hall–Kier alpha value is -1.91. The molecule has 3 heterocycles. The summed E-state index contributed by atoms with van der Waals surface area (Å²) in [6, 6.07) is 0. The van der Waals surface area contributed by atoms with Gasteiger partial charge in [0.15, 0.2) is 11.9 Å². The van der Waals surface area contributed by atoms with Crippen LogP contribution >= 0.6 is 8.03 Å². The highest BCUT2D eigenvalue weighted by Gasteiger charge is 2.48. The molecule has 0 amide bonds. The lowest BCUT2D eigenvalue weighted by Crippen LogP contribution is -2.37. The first-order valence-electron chi connectivity index (χ1n) is 9.44. The average molecular weight is 429 g/mol. The van der Waals surface area contributed by atoms with Crippen molar-refractivity contribution < 1.29 is 34.0 Å². The number of nitrogen functional groups attached to an aromatic ring is 1. The van der Waals surface area contributed by atoms with E-state index in [-0.39, 0.29) is 23.4 Å². The molecular formula is C17H28N5O6P+2. The van der Waals surface area contributed by atoms with Crippen LogP contribution in [0.1, 0.15) is 46.8 Å². The van der Waals surface area contributed by atoms with Crippen molar-refractivity contribution in [2.45, 2.75) is 76.3 Å². The van der Waals surface area contributed by atoms with E-state index in [1.807, 2.05) is 13.8 Å². The van der Waals surface area contributed by atoms with Crippen LogP contribution in [-0.2, 0) is 13.8 Å². The third kappa shape index (κ3) is 4.19. The lowest BCUT2D eigenvalue weighted by atomic mass is 9.97. The fourth-order valence-corrected chi connectivity index (χ4v) is 4.30. The molecule has 160 valence electrons. The monoisotopic (exact) mass is 429 g/mol. The number of aromatic nitrogens is 4. The molecular weight excluding hydrogens is 401 g/mol. The molecule has 2 aromatic heterocycles. The van der Waals surface area contributed by atoms with Crippen LogP contribution in [-0.4, -0.2) is 59.5 Å². The van der Waals surface area contributed by atoms with Gasteiger partial charge in [-0.05, 0) is 31.8 Å². The standard InChI is InChI=1S/C17H27N5O6P/c1-5-9(2)29(26)28-17(3,4)6-10-12(23)13(24)16(27-10)21-7-19-11-14(18)22(25)8-20-15(11)21/h7-10,12-13,16,18,23-25H,5-6H2,1-4H3/q+1/p+1/t9-,10-,12?,13-,16?/m1/s1. The number of imidazole rings is 1. The molecule has 1 fully saturated rings. The molecule has 6 atom stereocenters. The smallest absolute Gasteiger partial charge is 0.388 e. The summed E-state index contributed by atoms with van der Waals surface area (Å²) < 4.78 is 26.0. The van der Waals surface area contributed by atoms with Crippen molar-refractivity contribution >= 4 is 25.0 Å². The summed E-state index contributed by atoms with van der Waals surface area (Å²) >= 11 is 0. The first kappa shape index (κ1) is 21.8. The normalized spacial score (nSPS) is 26.8. The molecule has 3 unspecified atom stereocenters. The molecule has 1 saturated heterocycles. The average Bonchev–Trinajstić information content (AvgIpc) is 3.20. The van der Waals surface area contributed by atoms with E-state index in [4.69, 9.17) is 15.0 Å². The Labute approximate surface area is 168 Å². The van der Waals surface area contributed by atoms with Gasteiger partial charge in [0.25, 0.3) is 12.1 Å². The van der Waals surface area contributed by atoms with Gasteiger partial charge < -0.3 is 25.9 Å². The maximum absolute atomic E-state index is 12.3. The van der Waals surface area contributed by atoms with Gasteiger partial charge in [-0.25, -0.2) is 4.98 Å². The molecule has 0 bridgehead atoms. The Morgan fingerprint density at radius 2 is 2.10 bits per heavy atom. The number of nitrogens with two attached hydrogens (primary N) is 1. The zero-order valence-corrected chi connectivity index (χ0v) is 17.7. The van der Waals surface area contributed by atoms with Crippen LogP contribution in [0.15, 0.2) is 12.7 Å². The van der Waals surface area contributed by atoms with Gasteiger partial charge >= 0.3 is 8.03 Å². The number of hydrogen-bond donors (Lipinski definition) is 4. The number of aliphatic hydroxyl groups is 2. The second kappa shape index (κ2) is 8.08. The molecule has 12 heteroatoms. The van der Waals surface area contributed by atoms with E-state index in [0.717, 1.165) is 12.7 Å². The molecule has 2 aromatic rings. The number of rotatable bonds is 7. The molecule has 0 radical (unpaired) electrons. The SMILES string of the molecule is CC[C@@H](C)[P+](=O)OC(C)(C)C[C@H]1OC(n2cnc3c(N)[n+](O)cnc32)[C@H](O)C1O. The quantitative estimate of drug-likeness (QED) is 0.285.